The first-order valence-electron chi connectivity index (χ1n) is 10.0. The van der Waals surface area contributed by atoms with Crippen LogP contribution in [0.3, 0.4) is 0 Å². The summed E-state index contributed by atoms with van der Waals surface area (Å²) in [6.07, 6.45) is 16.9. The second-order valence-corrected chi connectivity index (χ2v) is 7.30. The van der Waals surface area contributed by atoms with Crippen LogP contribution in [-0.2, 0) is 4.79 Å². The standard InChI is InChI=1S/C25H30N4O/c1-5-11-23(15-21(16-26)14-20(4)19(2)3)28-29-25-13-10-8-6-7-9-12-22(18-30)24(25)17-27/h5-8,10-12,14,18-20,28-29H,1,9,13,15H2,2-4H3/b7-6-,10-8-,21-14+,22-12-,23-11+,25-24+. The summed E-state index contributed by atoms with van der Waals surface area (Å²) in [4.78, 5) is 11.5. The smallest absolute Gasteiger partial charge is 0.151 e. The minimum absolute atomic E-state index is 0.280. The van der Waals surface area contributed by atoms with Crippen LogP contribution in [0.25, 0.3) is 0 Å². The van der Waals surface area contributed by atoms with Gasteiger partial charge < -0.3 is 10.9 Å². The molecule has 0 heterocycles. The summed E-state index contributed by atoms with van der Waals surface area (Å²) in [6.45, 7) is 10.1. The molecule has 30 heavy (non-hydrogen) atoms. The van der Waals surface area contributed by atoms with Crippen molar-refractivity contribution in [1.82, 2.24) is 10.9 Å². The highest BCUT2D eigenvalue weighted by atomic mass is 16.1. The predicted molar refractivity (Wildman–Crippen MR) is 121 cm³/mol. The summed E-state index contributed by atoms with van der Waals surface area (Å²) in [7, 11) is 0. The molecule has 1 unspecified atom stereocenters. The average Bonchev–Trinajstić information content (AvgIpc) is 2.74. The van der Waals surface area contributed by atoms with Crippen molar-refractivity contribution in [3.63, 3.8) is 0 Å². The third-order valence-electron chi connectivity index (χ3n) is 4.74. The molecule has 1 rings (SSSR count). The number of carbonyl (C=O) groups excluding carboxylic acids is 1. The third kappa shape index (κ3) is 8.20. The monoisotopic (exact) mass is 402 g/mol. The van der Waals surface area contributed by atoms with Crippen molar-refractivity contribution in [2.24, 2.45) is 11.8 Å². The van der Waals surface area contributed by atoms with E-state index in [9.17, 15) is 15.3 Å². The second kappa shape index (κ2) is 13.6. The maximum absolute atomic E-state index is 11.5. The lowest BCUT2D eigenvalue weighted by Gasteiger charge is -2.17. The SMILES string of the molecule is C=C/C=C(\C/C(C#N)=C\C(C)C(C)C)NN/C1=C(C#N)/C(C=O)=C\C/C=C\C=C/C1. The lowest BCUT2D eigenvalue weighted by Crippen LogP contribution is -2.31. The van der Waals surface area contributed by atoms with Gasteiger partial charge in [0, 0.05) is 29.7 Å². The van der Waals surface area contributed by atoms with Crippen LogP contribution in [-0.4, -0.2) is 6.29 Å². The van der Waals surface area contributed by atoms with E-state index in [1.807, 2.05) is 30.4 Å². The van der Waals surface area contributed by atoms with E-state index in [0.29, 0.717) is 53.9 Å². The summed E-state index contributed by atoms with van der Waals surface area (Å²) in [5.41, 5.74) is 8.77. The Labute approximate surface area is 180 Å². The van der Waals surface area contributed by atoms with Crippen molar-refractivity contribution in [2.75, 3.05) is 0 Å². The van der Waals surface area contributed by atoms with Crippen LogP contribution in [0.15, 0.2) is 83.3 Å². The molecule has 2 N–H and O–H groups in total. The highest BCUT2D eigenvalue weighted by molar-refractivity contribution is 5.83. The van der Waals surface area contributed by atoms with Crippen LogP contribution in [0.2, 0.25) is 0 Å². The molecule has 1 atom stereocenters. The Kier molecular flexibility index (Phi) is 11.1. The Morgan fingerprint density at radius 3 is 2.60 bits per heavy atom. The first-order valence-corrected chi connectivity index (χ1v) is 10.0. The molecular weight excluding hydrogens is 372 g/mol. The molecule has 1 aliphatic rings. The molecule has 0 aromatic heterocycles. The summed E-state index contributed by atoms with van der Waals surface area (Å²) in [5.74, 6) is 0.717. The van der Waals surface area contributed by atoms with Crippen molar-refractivity contribution in [2.45, 2.75) is 40.0 Å². The zero-order chi connectivity index (χ0) is 22.4. The highest BCUT2D eigenvalue weighted by Crippen LogP contribution is 2.19. The van der Waals surface area contributed by atoms with Gasteiger partial charge in [-0.15, -0.1) is 0 Å². The fraction of sp³-hybridized carbons (Fsp3) is 0.320. The van der Waals surface area contributed by atoms with E-state index in [-0.39, 0.29) is 5.92 Å². The Balaban J connectivity index is 3.13. The van der Waals surface area contributed by atoms with Gasteiger partial charge in [-0.1, -0.05) is 69.9 Å². The predicted octanol–water partition coefficient (Wildman–Crippen LogP) is 5.09. The molecule has 156 valence electrons. The molecule has 0 fully saturated rings. The number of aldehydes is 1. The molecule has 5 heteroatoms. The molecule has 5 nitrogen and oxygen atoms in total. The topological polar surface area (TPSA) is 88.7 Å². The van der Waals surface area contributed by atoms with E-state index in [1.165, 1.54) is 0 Å². The van der Waals surface area contributed by atoms with Gasteiger partial charge in [-0.2, -0.15) is 10.5 Å². The van der Waals surface area contributed by atoms with E-state index in [1.54, 1.807) is 18.2 Å². The fourth-order valence-corrected chi connectivity index (χ4v) is 2.64. The minimum Gasteiger partial charge on any atom is -0.305 e. The fourth-order valence-electron chi connectivity index (χ4n) is 2.64. The number of carbonyl (C=O) groups is 1. The Morgan fingerprint density at radius 1 is 1.27 bits per heavy atom. The van der Waals surface area contributed by atoms with Crippen molar-refractivity contribution < 1.29 is 4.79 Å². The van der Waals surface area contributed by atoms with Crippen LogP contribution >= 0.6 is 0 Å². The number of rotatable bonds is 9. The number of nitrogens with zero attached hydrogens (tertiary/aromatic N) is 2. The van der Waals surface area contributed by atoms with Crippen LogP contribution in [0.1, 0.15) is 40.0 Å². The Morgan fingerprint density at radius 2 is 2.00 bits per heavy atom. The molecule has 0 spiro atoms. The lowest BCUT2D eigenvalue weighted by atomic mass is 9.94. The van der Waals surface area contributed by atoms with E-state index < -0.39 is 0 Å². The van der Waals surface area contributed by atoms with Gasteiger partial charge in [0.1, 0.15) is 6.07 Å². The molecule has 0 aromatic carbocycles. The van der Waals surface area contributed by atoms with Crippen LogP contribution in [0.4, 0.5) is 0 Å². The maximum Gasteiger partial charge on any atom is 0.151 e. The van der Waals surface area contributed by atoms with Crippen molar-refractivity contribution in [3.8, 4) is 12.1 Å². The summed E-state index contributed by atoms with van der Waals surface area (Å²) < 4.78 is 0. The molecular formula is C25H30N4O. The number of hydrogen-bond donors (Lipinski definition) is 2. The third-order valence-corrected chi connectivity index (χ3v) is 4.74. The van der Waals surface area contributed by atoms with Gasteiger partial charge in [-0.3, -0.25) is 4.79 Å². The van der Waals surface area contributed by atoms with Crippen LogP contribution < -0.4 is 10.9 Å². The number of allylic oxidation sites excluding steroid dienone is 11. The molecule has 0 aliphatic heterocycles. The van der Waals surface area contributed by atoms with Crippen molar-refractivity contribution in [1.29, 1.82) is 10.5 Å². The first kappa shape index (κ1) is 24.5. The van der Waals surface area contributed by atoms with Crippen LogP contribution in [0.5, 0.6) is 0 Å². The lowest BCUT2D eigenvalue weighted by molar-refractivity contribution is -0.104. The van der Waals surface area contributed by atoms with Gasteiger partial charge in [0.15, 0.2) is 6.29 Å². The minimum atomic E-state index is 0.280. The molecule has 0 saturated heterocycles. The number of hydrazine groups is 1. The first-order chi connectivity index (χ1) is 14.5. The zero-order valence-corrected chi connectivity index (χ0v) is 18.0. The van der Waals surface area contributed by atoms with Crippen molar-refractivity contribution >= 4 is 6.29 Å². The second-order valence-electron chi connectivity index (χ2n) is 7.30. The van der Waals surface area contributed by atoms with Gasteiger partial charge in [-0.05, 0) is 24.3 Å². The van der Waals surface area contributed by atoms with E-state index in [2.05, 4.69) is 50.3 Å². The summed E-state index contributed by atoms with van der Waals surface area (Å²) in [5, 5.41) is 19.2. The van der Waals surface area contributed by atoms with E-state index in [4.69, 9.17) is 0 Å². The zero-order valence-electron chi connectivity index (χ0n) is 18.0. The van der Waals surface area contributed by atoms with Gasteiger partial charge >= 0.3 is 0 Å². The summed E-state index contributed by atoms with van der Waals surface area (Å²) in [6, 6.07) is 4.40. The van der Waals surface area contributed by atoms with E-state index in [0.717, 1.165) is 5.70 Å². The number of hydrogen-bond acceptors (Lipinski definition) is 5. The van der Waals surface area contributed by atoms with Gasteiger partial charge in [-0.25, -0.2) is 0 Å². The largest absolute Gasteiger partial charge is 0.305 e. The summed E-state index contributed by atoms with van der Waals surface area (Å²) >= 11 is 0. The molecule has 1 aliphatic carbocycles. The average molecular weight is 403 g/mol. The molecule has 0 aromatic rings. The Bertz CT molecular complexity index is 883. The number of nitrogens with one attached hydrogen (secondary N) is 2. The maximum atomic E-state index is 11.5. The molecule has 0 bridgehead atoms. The normalized spacial score (nSPS) is 22.5. The molecule has 0 saturated carbocycles. The van der Waals surface area contributed by atoms with Crippen molar-refractivity contribution in [3.05, 3.63) is 83.3 Å². The Hall–Kier alpha value is -3.57. The number of nitriles is 2. The quantitative estimate of drug-likeness (QED) is 0.243. The van der Waals surface area contributed by atoms with Gasteiger partial charge in [0.2, 0.25) is 0 Å². The van der Waals surface area contributed by atoms with Crippen LogP contribution in [0, 0.1) is 34.5 Å². The van der Waals surface area contributed by atoms with Gasteiger partial charge in [0.05, 0.1) is 17.3 Å². The van der Waals surface area contributed by atoms with Gasteiger partial charge in [0.25, 0.3) is 0 Å². The molecule has 0 amide bonds. The molecule has 0 radical (unpaired) electrons. The highest BCUT2D eigenvalue weighted by Gasteiger charge is 2.12. The van der Waals surface area contributed by atoms with E-state index >= 15 is 0 Å².